The van der Waals surface area contributed by atoms with Gasteiger partial charge < -0.3 is 9.80 Å². The molecule has 2 aromatic carbocycles. The number of aromatic nitrogens is 4. The molecule has 1 saturated heterocycles. The minimum Gasteiger partial charge on any atom is -0.352 e. The summed E-state index contributed by atoms with van der Waals surface area (Å²) in [5.74, 6) is 1.69. The Morgan fingerprint density at radius 3 is 2.32 bits per heavy atom. The van der Waals surface area contributed by atoms with Crippen molar-refractivity contribution in [1.29, 1.82) is 0 Å². The van der Waals surface area contributed by atoms with Crippen molar-refractivity contribution in [3.63, 3.8) is 0 Å². The van der Waals surface area contributed by atoms with Crippen LogP contribution >= 0.6 is 0 Å². The number of rotatable bonds is 6. The Hall–Kier alpha value is -4.41. The Morgan fingerprint density at radius 1 is 0.976 bits per heavy atom. The van der Waals surface area contributed by atoms with Gasteiger partial charge in [0.15, 0.2) is 5.65 Å². The molecule has 6 rings (SSSR count). The van der Waals surface area contributed by atoms with Gasteiger partial charge in [-0.25, -0.2) is 19.0 Å². The smallest absolute Gasteiger partial charge is 0.269 e. The van der Waals surface area contributed by atoms with Crippen LogP contribution < -0.4 is 4.90 Å². The molecule has 3 heterocycles. The van der Waals surface area contributed by atoms with Crippen LogP contribution in [0.2, 0.25) is 0 Å². The van der Waals surface area contributed by atoms with Crippen LogP contribution in [0.15, 0.2) is 48.5 Å². The number of non-ortho nitro benzene ring substituents is 1. The SMILES string of the molecule is Cc1nn(-c2ccc(F)cc2)c2nc(CC3CCCCC3)nc(N3CCN(C(=O)c4ccc([N+](=O)[O-])cc4)CC3)c12. The van der Waals surface area contributed by atoms with Gasteiger partial charge >= 0.3 is 0 Å². The van der Waals surface area contributed by atoms with E-state index in [-0.39, 0.29) is 17.4 Å². The van der Waals surface area contributed by atoms with Gasteiger partial charge in [-0.2, -0.15) is 5.10 Å². The lowest BCUT2D eigenvalue weighted by molar-refractivity contribution is -0.384. The molecule has 1 amide bonds. The highest BCUT2D eigenvalue weighted by atomic mass is 19.1. The second kappa shape index (κ2) is 11.2. The number of aryl methyl sites for hydroxylation is 1. The molecule has 11 heteroatoms. The molecule has 41 heavy (non-hydrogen) atoms. The van der Waals surface area contributed by atoms with E-state index >= 15 is 0 Å². The fraction of sp³-hybridized carbons (Fsp3) is 0.400. The maximum absolute atomic E-state index is 13.7. The third-order valence-corrected chi connectivity index (χ3v) is 8.19. The summed E-state index contributed by atoms with van der Waals surface area (Å²) in [4.78, 5) is 37.7. The number of benzene rings is 2. The Kier molecular flexibility index (Phi) is 7.34. The van der Waals surface area contributed by atoms with E-state index in [0.717, 1.165) is 34.8 Å². The fourth-order valence-corrected chi connectivity index (χ4v) is 5.97. The summed E-state index contributed by atoms with van der Waals surface area (Å²) in [6.07, 6.45) is 6.90. The van der Waals surface area contributed by atoms with Gasteiger partial charge in [0, 0.05) is 50.3 Å². The molecule has 0 atom stereocenters. The summed E-state index contributed by atoms with van der Waals surface area (Å²) < 4.78 is 15.5. The van der Waals surface area contributed by atoms with Crippen molar-refractivity contribution in [3.05, 3.63) is 81.5 Å². The van der Waals surface area contributed by atoms with E-state index in [1.165, 1.54) is 68.5 Å². The minimum atomic E-state index is -0.474. The van der Waals surface area contributed by atoms with Gasteiger partial charge in [-0.15, -0.1) is 0 Å². The third kappa shape index (κ3) is 5.48. The highest BCUT2D eigenvalue weighted by Crippen LogP contribution is 2.32. The van der Waals surface area contributed by atoms with Crippen LogP contribution in [0.25, 0.3) is 16.7 Å². The Bertz CT molecular complexity index is 1570. The number of amides is 1. The quantitative estimate of drug-likeness (QED) is 0.235. The van der Waals surface area contributed by atoms with Crippen molar-refractivity contribution in [3.8, 4) is 5.69 Å². The van der Waals surface area contributed by atoms with E-state index in [1.54, 1.807) is 21.7 Å². The summed E-state index contributed by atoms with van der Waals surface area (Å²) in [6.45, 7) is 4.07. The number of halogens is 1. The van der Waals surface area contributed by atoms with Crippen molar-refractivity contribution in [1.82, 2.24) is 24.6 Å². The van der Waals surface area contributed by atoms with Gasteiger partial charge in [0.25, 0.3) is 11.6 Å². The molecule has 212 valence electrons. The predicted molar refractivity (Wildman–Crippen MR) is 153 cm³/mol. The molecule has 0 unspecified atom stereocenters. The van der Waals surface area contributed by atoms with E-state index in [0.29, 0.717) is 43.3 Å². The number of carbonyl (C=O) groups excluding carboxylic acids is 1. The average molecular weight is 558 g/mol. The first kappa shape index (κ1) is 26.8. The topological polar surface area (TPSA) is 110 Å². The molecule has 0 radical (unpaired) electrons. The molecule has 2 fully saturated rings. The Balaban J connectivity index is 1.30. The zero-order valence-corrected chi connectivity index (χ0v) is 23.0. The van der Waals surface area contributed by atoms with Crippen molar-refractivity contribution in [2.45, 2.75) is 45.4 Å². The van der Waals surface area contributed by atoms with Crippen molar-refractivity contribution in [2.75, 3.05) is 31.1 Å². The maximum atomic E-state index is 13.7. The van der Waals surface area contributed by atoms with Gasteiger partial charge in [0.2, 0.25) is 0 Å². The number of fused-ring (bicyclic) bond motifs is 1. The number of carbonyl (C=O) groups is 1. The molecule has 1 aliphatic heterocycles. The highest BCUT2D eigenvalue weighted by molar-refractivity contribution is 5.95. The van der Waals surface area contributed by atoms with Gasteiger partial charge in [-0.1, -0.05) is 32.1 Å². The molecule has 1 aliphatic carbocycles. The van der Waals surface area contributed by atoms with Crippen LogP contribution in [0, 0.1) is 28.8 Å². The Morgan fingerprint density at radius 2 is 1.66 bits per heavy atom. The number of nitro benzene ring substituents is 1. The normalized spacial score (nSPS) is 16.3. The lowest BCUT2D eigenvalue weighted by Crippen LogP contribution is -2.49. The van der Waals surface area contributed by atoms with Crippen molar-refractivity contribution >= 4 is 28.4 Å². The largest absolute Gasteiger partial charge is 0.352 e. The maximum Gasteiger partial charge on any atom is 0.269 e. The summed E-state index contributed by atoms with van der Waals surface area (Å²) in [5.41, 5.74) is 2.61. The molecule has 0 spiro atoms. The van der Waals surface area contributed by atoms with Crippen LogP contribution in [0.3, 0.4) is 0 Å². The second-order valence-corrected chi connectivity index (χ2v) is 10.9. The van der Waals surface area contributed by atoms with Gasteiger partial charge in [0.1, 0.15) is 17.5 Å². The third-order valence-electron chi connectivity index (χ3n) is 8.19. The van der Waals surface area contributed by atoms with Gasteiger partial charge in [0.05, 0.1) is 21.7 Å². The standard InChI is InChI=1S/C30H32FN7O3/c1-20-27-28(35-15-17-36(18-16-35)30(39)22-7-11-25(12-8-22)38(40)41)32-26(19-21-5-3-2-4-6-21)33-29(27)37(34-20)24-13-9-23(31)10-14-24/h7-14,21H,2-6,15-19H2,1H3. The van der Waals surface area contributed by atoms with E-state index in [1.807, 2.05) is 6.92 Å². The van der Waals surface area contributed by atoms with Gasteiger partial charge in [-0.05, 0) is 49.2 Å². The van der Waals surface area contributed by atoms with E-state index in [4.69, 9.17) is 15.1 Å². The Labute approximate surface area is 237 Å². The lowest BCUT2D eigenvalue weighted by Gasteiger charge is -2.36. The summed E-state index contributed by atoms with van der Waals surface area (Å²) in [5, 5.41) is 16.6. The predicted octanol–water partition coefficient (Wildman–Crippen LogP) is 5.26. The van der Waals surface area contributed by atoms with Crippen LogP contribution in [-0.4, -0.2) is 61.7 Å². The first-order valence-electron chi connectivity index (χ1n) is 14.2. The number of nitro groups is 1. The average Bonchev–Trinajstić information content (AvgIpc) is 3.33. The van der Waals surface area contributed by atoms with Crippen LogP contribution in [0.1, 0.15) is 54.0 Å². The molecular formula is C30H32FN7O3. The summed E-state index contributed by atoms with van der Waals surface area (Å²) >= 11 is 0. The molecule has 0 bridgehead atoms. The van der Waals surface area contributed by atoms with Gasteiger partial charge in [-0.3, -0.25) is 14.9 Å². The molecule has 1 saturated carbocycles. The number of hydrogen-bond donors (Lipinski definition) is 0. The van der Waals surface area contributed by atoms with Crippen LogP contribution in [-0.2, 0) is 6.42 Å². The zero-order valence-electron chi connectivity index (χ0n) is 23.0. The number of hydrogen-bond acceptors (Lipinski definition) is 7. The van der Waals surface area contributed by atoms with Crippen molar-refractivity contribution in [2.24, 2.45) is 5.92 Å². The monoisotopic (exact) mass is 557 g/mol. The molecule has 0 N–H and O–H groups in total. The zero-order chi connectivity index (χ0) is 28.5. The lowest BCUT2D eigenvalue weighted by atomic mass is 9.87. The molecule has 2 aliphatic rings. The van der Waals surface area contributed by atoms with Crippen LogP contribution in [0.5, 0.6) is 0 Å². The number of piperazine rings is 1. The molecule has 2 aromatic heterocycles. The number of anilines is 1. The van der Waals surface area contributed by atoms with Crippen molar-refractivity contribution < 1.29 is 14.1 Å². The highest BCUT2D eigenvalue weighted by Gasteiger charge is 2.28. The first-order valence-corrected chi connectivity index (χ1v) is 14.2. The van der Waals surface area contributed by atoms with E-state index in [9.17, 15) is 19.3 Å². The number of nitrogens with zero attached hydrogens (tertiary/aromatic N) is 7. The minimum absolute atomic E-state index is 0.0419. The molecular weight excluding hydrogens is 525 g/mol. The molecule has 4 aromatic rings. The summed E-state index contributed by atoms with van der Waals surface area (Å²) in [6, 6.07) is 12.0. The first-order chi connectivity index (χ1) is 19.9. The van der Waals surface area contributed by atoms with Crippen LogP contribution in [0.4, 0.5) is 15.9 Å². The van der Waals surface area contributed by atoms with E-state index < -0.39 is 4.92 Å². The second-order valence-electron chi connectivity index (χ2n) is 10.9. The van der Waals surface area contributed by atoms with E-state index in [2.05, 4.69) is 4.90 Å². The fourth-order valence-electron chi connectivity index (χ4n) is 5.97. The summed E-state index contributed by atoms with van der Waals surface area (Å²) in [7, 11) is 0. The molecule has 10 nitrogen and oxygen atoms in total.